The van der Waals surface area contributed by atoms with Crippen molar-refractivity contribution in [2.45, 2.75) is 12.8 Å². The zero-order valence-electron chi connectivity index (χ0n) is 9.12. The van der Waals surface area contributed by atoms with Gasteiger partial charge in [0, 0.05) is 15.8 Å². The molecule has 0 aromatic carbocycles. The molecule has 3 aromatic rings. The maximum atomic E-state index is 10.4. The smallest absolute Gasteiger partial charge is 0.303 e. The van der Waals surface area contributed by atoms with E-state index >= 15 is 0 Å². The molecule has 0 amide bonds. The molecule has 0 aliphatic carbocycles. The summed E-state index contributed by atoms with van der Waals surface area (Å²) in [5, 5.41) is 18.4. The van der Waals surface area contributed by atoms with Gasteiger partial charge in [-0.05, 0) is 17.5 Å². The minimum atomic E-state index is -0.869. The van der Waals surface area contributed by atoms with Crippen molar-refractivity contribution in [3.05, 3.63) is 23.4 Å². The Morgan fingerprint density at radius 1 is 1.39 bits per heavy atom. The lowest BCUT2D eigenvalue weighted by Gasteiger charge is -1.89. The number of rotatable bonds is 4. The van der Waals surface area contributed by atoms with Crippen LogP contribution in [0.25, 0.3) is 20.2 Å². The highest BCUT2D eigenvalue weighted by Gasteiger charge is 2.13. The van der Waals surface area contributed by atoms with Gasteiger partial charge < -0.3 is 9.52 Å². The molecular formula is C11H8N2O3S2. The van der Waals surface area contributed by atoms with E-state index in [1.165, 1.54) is 9.40 Å². The first-order valence-corrected chi connectivity index (χ1v) is 6.93. The van der Waals surface area contributed by atoms with E-state index in [1.54, 1.807) is 22.7 Å². The average molecular weight is 280 g/mol. The van der Waals surface area contributed by atoms with Crippen LogP contribution in [0.5, 0.6) is 0 Å². The van der Waals surface area contributed by atoms with Gasteiger partial charge in [-0.1, -0.05) is 0 Å². The van der Waals surface area contributed by atoms with Crippen molar-refractivity contribution in [3.8, 4) is 10.8 Å². The van der Waals surface area contributed by atoms with Crippen molar-refractivity contribution in [1.29, 1.82) is 0 Å². The van der Waals surface area contributed by atoms with Gasteiger partial charge in [-0.3, -0.25) is 4.79 Å². The number of thiophene rings is 2. The topological polar surface area (TPSA) is 76.2 Å². The van der Waals surface area contributed by atoms with Crippen LogP contribution in [0.2, 0.25) is 0 Å². The molecule has 7 heteroatoms. The summed E-state index contributed by atoms with van der Waals surface area (Å²) in [5.41, 5.74) is 0. The number of carboxylic acids is 1. The van der Waals surface area contributed by atoms with E-state index in [4.69, 9.17) is 9.52 Å². The Labute approximate surface area is 110 Å². The average Bonchev–Trinajstić information content (AvgIpc) is 3.00. The van der Waals surface area contributed by atoms with Crippen molar-refractivity contribution in [1.82, 2.24) is 10.2 Å². The van der Waals surface area contributed by atoms with Gasteiger partial charge in [-0.15, -0.1) is 32.9 Å². The van der Waals surface area contributed by atoms with Crippen LogP contribution in [0.4, 0.5) is 0 Å². The fourth-order valence-corrected chi connectivity index (χ4v) is 3.57. The second-order valence-electron chi connectivity index (χ2n) is 3.65. The molecule has 3 aromatic heterocycles. The molecule has 0 bridgehead atoms. The van der Waals surface area contributed by atoms with Crippen molar-refractivity contribution in [2.24, 2.45) is 0 Å². The number of hydrogen-bond donors (Lipinski definition) is 1. The van der Waals surface area contributed by atoms with E-state index in [9.17, 15) is 4.79 Å². The normalized spacial score (nSPS) is 11.1. The Bertz CT molecular complexity index is 669. The molecule has 1 N–H and O–H groups in total. The van der Waals surface area contributed by atoms with Gasteiger partial charge in [0.15, 0.2) is 0 Å². The Morgan fingerprint density at radius 2 is 2.28 bits per heavy atom. The summed E-state index contributed by atoms with van der Waals surface area (Å²) >= 11 is 3.26. The standard InChI is InChI=1S/C11H8N2O3S2/c14-10(15)2-1-9-12-13-11(16-9)8-5-7-6(18-8)3-4-17-7/h3-5H,1-2H2,(H,14,15). The van der Waals surface area contributed by atoms with Crippen molar-refractivity contribution >= 4 is 38.0 Å². The number of hydrogen-bond acceptors (Lipinski definition) is 6. The molecule has 0 fully saturated rings. The minimum Gasteiger partial charge on any atom is -0.481 e. The van der Waals surface area contributed by atoms with Crippen molar-refractivity contribution in [2.75, 3.05) is 0 Å². The lowest BCUT2D eigenvalue weighted by atomic mass is 10.3. The third kappa shape index (κ3) is 2.14. The number of nitrogens with zero attached hydrogens (tertiary/aromatic N) is 2. The summed E-state index contributed by atoms with van der Waals surface area (Å²) in [6.45, 7) is 0. The number of aromatic nitrogens is 2. The summed E-state index contributed by atoms with van der Waals surface area (Å²) in [6, 6.07) is 4.06. The van der Waals surface area contributed by atoms with Gasteiger partial charge in [0.1, 0.15) is 0 Å². The maximum absolute atomic E-state index is 10.4. The van der Waals surface area contributed by atoms with Crippen LogP contribution in [-0.2, 0) is 11.2 Å². The molecule has 0 spiro atoms. The monoisotopic (exact) mass is 280 g/mol. The molecule has 0 radical (unpaired) electrons. The number of fused-ring (bicyclic) bond motifs is 1. The largest absolute Gasteiger partial charge is 0.481 e. The van der Waals surface area contributed by atoms with Crippen LogP contribution in [0.3, 0.4) is 0 Å². The molecule has 0 saturated heterocycles. The first kappa shape index (κ1) is 11.4. The van der Waals surface area contributed by atoms with Crippen molar-refractivity contribution in [3.63, 3.8) is 0 Å². The lowest BCUT2D eigenvalue weighted by Crippen LogP contribution is -1.97. The quantitative estimate of drug-likeness (QED) is 0.795. The summed E-state index contributed by atoms with van der Waals surface area (Å²) in [5.74, 6) is -0.0423. The SMILES string of the molecule is O=C(O)CCc1nnc(-c2cc3sccc3s2)o1. The molecule has 92 valence electrons. The van der Waals surface area contributed by atoms with Gasteiger partial charge in [-0.2, -0.15) is 0 Å². The molecule has 0 saturated carbocycles. The first-order chi connectivity index (χ1) is 8.72. The summed E-state index contributed by atoms with van der Waals surface area (Å²) in [7, 11) is 0. The summed E-state index contributed by atoms with van der Waals surface area (Å²) < 4.78 is 7.84. The third-order valence-electron chi connectivity index (χ3n) is 2.37. The van der Waals surface area contributed by atoms with E-state index < -0.39 is 5.97 Å². The van der Waals surface area contributed by atoms with E-state index in [-0.39, 0.29) is 12.8 Å². The number of carboxylic acid groups (broad SMARTS) is 1. The summed E-state index contributed by atoms with van der Waals surface area (Å²) in [6.07, 6.45) is 0.267. The Kier molecular flexibility index (Phi) is 2.85. The highest BCUT2D eigenvalue weighted by molar-refractivity contribution is 7.28. The van der Waals surface area contributed by atoms with Gasteiger partial charge in [0.05, 0.1) is 11.3 Å². The van der Waals surface area contributed by atoms with Crippen LogP contribution in [0, 0.1) is 0 Å². The van der Waals surface area contributed by atoms with Crippen molar-refractivity contribution < 1.29 is 14.3 Å². The number of aryl methyl sites for hydroxylation is 1. The molecule has 3 rings (SSSR count). The molecular weight excluding hydrogens is 272 g/mol. The first-order valence-electron chi connectivity index (χ1n) is 5.24. The molecule has 0 aliphatic heterocycles. The molecule has 0 aliphatic rings. The number of aliphatic carboxylic acids is 1. The highest BCUT2D eigenvalue weighted by atomic mass is 32.1. The number of carbonyl (C=O) groups is 1. The zero-order chi connectivity index (χ0) is 12.5. The zero-order valence-corrected chi connectivity index (χ0v) is 10.8. The third-order valence-corrected chi connectivity index (χ3v) is 4.45. The molecule has 0 unspecified atom stereocenters. The fourth-order valence-electron chi connectivity index (χ4n) is 1.54. The fraction of sp³-hybridized carbons (Fsp3) is 0.182. The van der Waals surface area contributed by atoms with Crippen LogP contribution < -0.4 is 0 Å². The van der Waals surface area contributed by atoms with Crippen LogP contribution >= 0.6 is 22.7 Å². The maximum Gasteiger partial charge on any atom is 0.303 e. The van der Waals surface area contributed by atoms with E-state index in [2.05, 4.69) is 16.3 Å². The van der Waals surface area contributed by atoms with Gasteiger partial charge >= 0.3 is 5.97 Å². The molecule has 18 heavy (non-hydrogen) atoms. The summed E-state index contributed by atoms with van der Waals surface area (Å²) in [4.78, 5) is 11.4. The second-order valence-corrected chi connectivity index (χ2v) is 5.69. The Morgan fingerprint density at radius 3 is 3.06 bits per heavy atom. The van der Waals surface area contributed by atoms with Gasteiger partial charge in [-0.25, -0.2) is 0 Å². The molecule has 5 nitrogen and oxygen atoms in total. The van der Waals surface area contributed by atoms with E-state index in [1.807, 2.05) is 11.4 Å². The van der Waals surface area contributed by atoms with E-state index in [0.717, 1.165) is 4.88 Å². The van der Waals surface area contributed by atoms with Crippen LogP contribution in [0.1, 0.15) is 12.3 Å². The predicted octanol–water partition coefficient (Wildman–Crippen LogP) is 3.03. The highest BCUT2D eigenvalue weighted by Crippen LogP contribution is 2.35. The van der Waals surface area contributed by atoms with Crippen LogP contribution in [0.15, 0.2) is 21.9 Å². The van der Waals surface area contributed by atoms with Gasteiger partial charge in [0.2, 0.25) is 5.89 Å². The Hall–Kier alpha value is -1.73. The lowest BCUT2D eigenvalue weighted by molar-refractivity contribution is -0.137. The van der Waals surface area contributed by atoms with Gasteiger partial charge in [0.25, 0.3) is 5.89 Å². The predicted molar refractivity (Wildman–Crippen MR) is 69.0 cm³/mol. The second kappa shape index (κ2) is 4.51. The molecule has 3 heterocycles. The molecule has 0 atom stereocenters. The van der Waals surface area contributed by atoms with E-state index in [0.29, 0.717) is 11.8 Å². The minimum absolute atomic E-state index is 0.00115. The van der Waals surface area contributed by atoms with Crippen LogP contribution in [-0.4, -0.2) is 21.3 Å². The Balaban J connectivity index is 1.84.